The first-order chi connectivity index (χ1) is 10.1. The van der Waals surface area contributed by atoms with Gasteiger partial charge in [-0.3, -0.25) is 9.59 Å². The van der Waals surface area contributed by atoms with Gasteiger partial charge in [0.1, 0.15) is 11.6 Å². The van der Waals surface area contributed by atoms with Crippen molar-refractivity contribution in [2.24, 2.45) is 0 Å². The average molecular weight is 284 g/mol. The van der Waals surface area contributed by atoms with Crippen LogP contribution in [0, 0.1) is 23.0 Å². The number of anilines is 1. The molecule has 0 aliphatic carbocycles. The fourth-order valence-electron chi connectivity index (χ4n) is 2.24. The van der Waals surface area contributed by atoms with Crippen LogP contribution in [0.25, 0.3) is 0 Å². The van der Waals surface area contributed by atoms with Crippen molar-refractivity contribution in [2.45, 2.75) is 0 Å². The molecular weight excluding hydrogens is 278 g/mol. The average Bonchev–Trinajstić information content (AvgIpc) is 2.74. The summed E-state index contributed by atoms with van der Waals surface area (Å²) < 4.78 is 26.8. The maximum atomic E-state index is 13.7. The van der Waals surface area contributed by atoms with Crippen LogP contribution in [-0.2, 0) is 0 Å². The fourth-order valence-corrected chi connectivity index (χ4v) is 2.24. The zero-order valence-corrected chi connectivity index (χ0v) is 10.4. The number of imide groups is 1. The van der Waals surface area contributed by atoms with Crippen molar-refractivity contribution in [2.75, 3.05) is 4.90 Å². The topological polar surface area (TPSA) is 61.2 Å². The summed E-state index contributed by atoms with van der Waals surface area (Å²) >= 11 is 0. The highest BCUT2D eigenvalue weighted by Crippen LogP contribution is 2.32. The number of halogens is 2. The molecule has 0 N–H and O–H groups in total. The molecule has 2 aromatic rings. The van der Waals surface area contributed by atoms with Crippen LogP contribution < -0.4 is 4.90 Å². The van der Waals surface area contributed by atoms with Gasteiger partial charge in [-0.1, -0.05) is 12.1 Å². The van der Waals surface area contributed by atoms with Crippen molar-refractivity contribution in [3.63, 3.8) is 0 Å². The zero-order chi connectivity index (χ0) is 15.1. The minimum absolute atomic E-state index is 0.163. The van der Waals surface area contributed by atoms with E-state index in [4.69, 9.17) is 5.26 Å². The number of hydrogen-bond acceptors (Lipinski definition) is 3. The van der Waals surface area contributed by atoms with Gasteiger partial charge >= 0.3 is 0 Å². The van der Waals surface area contributed by atoms with Crippen LogP contribution in [0.5, 0.6) is 0 Å². The van der Waals surface area contributed by atoms with Gasteiger partial charge in [-0.05, 0) is 24.3 Å². The summed E-state index contributed by atoms with van der Waals surface area (Å²) in [6.07, 6.45) is 0. The summed E-state index contributed by atoms with van der Waals surface area (Å²) in [5, 5.41) is 8.97. The van der Waals surface area contributed by atoms with E-state index in [1.54, 1.807) is 12.1 Å². The molecule has 0 radical (unpaired) electrons. The van der Waals surface area contributed by atoms with E-state index in [-0.39, 0.29) is 16.8 Å². The first-order valence-electron chi connectivity index (χ1n) is 5.92. The molecule has 1 aliphatic rings. The van der Waals surface area contributed by atoms with Crippen LogP contribution in [0.1, 0.15) is 26.3 Å². The Kier molecular flexibility index (Phi) is 2.77. The minimum Gasteiger partial charge on any atom is -0.268 e. The first-order valence-corrected chi connectivity index (χ1v) is 5.92. The van der Waals surface area contributed by atoms with Gasteiger partial charge in [0, 0.05) is 0 Å². The number of nitrogens with zero attached hydrogens (tertiary/aromatic N) is 2. The quantitative estimate of drug-likeness (QED) is 0.756. The lowest BCUT2D eigenvalue weighted by molar-refractivity contribution is 0.0926. The monoisotopic (exact) mass is 284 g/mol. The number of carbonyl (C=O) groups excluding carboxylic acids is 2. The van der Waals surface area contributed by atoms with E-state index in [1.807, 2.05) is 0 Å². The molecular formula is C15H6F2N2O2. The Morgan fingerprint density at radius 2 is 1.52 bits per heavy atom. The van der Waals surface area contributed by atoms with E-state index in [1.165, 1.54) is 18.2 Å². The maximum absolute atomic E-state index is 13.7. The fraction of sp³-hybridized carbons (Fsp3) is 0. The van der Waals surface area contributed by atoms with Crippen molar-refractivity contribution in [3.8, 4) is 6.07 Å². The second-order valence-electron chi connectivity index (χ2n) is 4.36. The van der Waals surface area contributed by atoms with Crippen molar-refractivity contribution in [3.05, 3.63) is 64.7 Å². The number of rotatable bonds is 1. The molecule has 1 aliphatic heterocycles. The Bertz CT molecular complexity index is 805. The molecule has 1 heterocycles. The van der Waals surface area contributed by atoms with E-state index in [0.717, 1.165) is 12.1 Å². The first kappa shape index (κ1) is 12.9. The third-order valence-electron chi connectivity index (χ3n) is 3.22. The van der Waals surface area contributed by atoms with Crippen LogP contribution in [0.3, 0.4) is 0 Å². The van der Waals surface area contributed by atoms with Crippen molar-refractivity contribution in [1.29, 1.82) is 5.26 Å². The molecule has 0 fully saturated rings. The highest BCUT2D eigenvalue weighted by atomic mass is 19.2. The number of nitriles is 1. The van der Waals surface area contributed by atoms with Gasteiger partial charge in [0.25, 0.3) is 11.8 Å². The number of fused-ring (bicyclic) bond motifs is 1. The zero-order valence-electron chi connectivity index (χ0n) is 10.4. The molecule has 4 nitrogen and oxygen atoms in total. The van der Waals surface area contributed by atoms with Crippen LogP contribution >= 0.6 is 0 Å². The van der Waals surface area contributed by atoms with Crippen LogP contribution in [0.15, 0.2) is 36.4 Å². The second kappa shape index (κ2) is 4.49. The summed E-state index contributed by atoms with van der Waals surface area (Å²) in [6, 6.07) is 9.40. The van der Waals surface area contributed by atoms with E-state index in [9.17, 15) is 18.4 Å². The molecule has 2 aromatic carbocycles. The molecule has 3 rings (SSSR count). The number of carbonyl (C=O) groups is 2. The van der Waals surface area contributed by atoms with E-state index >= 15 is 0 Å². The molecule has 6 heteroatoms. The van der Waals surface area contributed by atoms with Crippen LogP contribution in [0.2, 0.25) is 0 Å². The van der Waals surface area contributed by atoms with E-state index < -0.39 is 29.0 Å². The van der Waals surface area contributed by atoms with Crippen LogP contribution in [0.4, 0.5) is 14.5 Å². The van der Waals surface area contributed by atoms with Gasteiger partial charge in [-0.2, -0.15) is 5.26 Å². The molecule has 0 bridgehead atoms. The third kappa shape index (κ3) is 1.71. The summed E-state index contributed by atoms with van der Waals surface area (Å²) in [5.74, 6) is -3.94. The predicted molar refractivity (Wildman–Crippen MR) is 68.7 cm³/mol. The summed E-state index contributed by atoms with van der Waals surface area (Å²) in [4.78, 5) is 25.2. The Morgan fingerprint density at radius 1 is 0.952 bits per heavy atom. The van der Waals surface area contributed by atoms with Gasteiger partial charge in [-0.15, -0.1) is 0 Å². The lowest BCUT2D eigenvalue weighted by Gasteiger charge is -2.15. The van der Waals surface area contributed by atoms with Gasteiger partial charge in [0.05, 0.1) is 16.8 Å². The number of benzene rings is 2. The Morgan fingerprint density at radius 3 is 2.05 bits per heavy atom. The number of amides is 2. The smallest absolute Gasteiger partial charge is 0.266 e. The molecule has 0 unspecified atom stereocenters. The van der Waals surface area contributed by atoms with Crippen molar-refractivity contribution in [1.82, 2.24) is 0 Å². The SMILES string of the molecule is N#Cc1c(N2C(=O)c3ccccc3C2=O)ccc(F)c1F. The summed E-state index contributed by atoms with van der Waals surface area (Å²) in [6.45, 7) is 0. The molecule has 0 saturated heterocycles. The normalized spacial score (nSPS) is 13.3. The Hall–Kier alpha value is -3.07. The minimum atomic E-state index is -1.38. The molecule has 21 heavy (non-hydrogen) atoms. The Labute approximate surface area is 117 Å². The molecule has 102 valence electrons. The van der Waals surface area contributed by atoms with Gasteiger partial charge in [0.2, 0.25) is 0 Å². The summed E-state index contributed by atoms with van der Waals surface area (Å²) in [5.41, 5.74) is -0.612. The van der Waals surface area contributed by atoms with Crippen molar-refractivity contribution < 1.29 is 18.4 Å². The van der Waals surface area contributed by atoms with Crippen LogP contribution in [-0.4, -0.2) is 11.8 Å². The molecule has 0 spiro atoms. The second-order valence-corrected chi connectivity index (χ2v) is 4.36. The van der Waals surface area contributed by atoms with E-state index in [0.29, 0.717) is 4.90 Å². The van der Waals surface area contributed by atoms with Gasteiger partial charge in [-0.25, -0.2) is 13.7 Å². The van der Waals surface area contributed by atoms with E-state index in [2.05, 4.69) is 0 Å². The third-order valence-corrected chi connectivity index (χ3v) is 3.22. The summed E-state index contributed by atoms with van der Waals surface area (Å²) in [7, 11) is 0. The lowest BCUT2D eigenvalue weighted by atomic mass is 10.1. The molecule has 2 amide bonds. The van der Waals surface area contributed by atoms with Crippen molar-refractivity contribution >= 4 is 17.5 Å². The molecule has 0 aromatic heterocycles. The predicted octanol–water partition coefficient (Wildman–Crippen LogP) is 2.64. The van der Waals surface area contributed by atoms with Gasteiger partial charge < -0.3 is 0 Å². The molecule has 0 saturated carbocycles. The van der Waals surface area contributed by atoms with Gasteiger partial charge in [0.15, 0.2) is 11.6 Å². The highest BCUT2D eigenvalue weighted by molar-refractivity contribution is 6.34. The maximum Gasteiger partial charge on any atom is 0.266 e. The highest BCUT2D eigenvalue weighted by Gasteiger charge is 2.38. The standard InChI is InChI=1S/C15H6F2N2O2/c16-11-5-6-12(10(7-18)13(11)17)19-14(20)8-3-1-2-4-9(8)15(19)21/h1-6H. The number of hydrogen-bond donors (Lipinski definition) is 0. The Balaban J connectivity index is 2.21. The molecule has 0 atom stereocenters. The largest absolute Gasteiger partial charge is 0.268 e. The lowest BCUT2D eigenvalue weighted by Crippen LogP contribution is -2.30.